The molecule has 0 aromatic heterocycles. The van der Waals surface area contributed by atoms with Gasteiger partial charge in [0, 0.05) is 19.5 Å². The van der Waals surface area contributed by atoms with Crippen molar-refractivity contribution in [1.82, 2.24) is 4.90 Å². The van der Waals surface area contributed by atoms with Crippen molar-refractivity contribution >= 4 is 11.9 Å². The Kier molecular flexibility index (Phi) is 5.73. The average Bonchev–Trinajstić information content (AvgIpc) is 3.01. The van der Waals surface area contributed by atoms with E-state index < -0.39 is 11.9 Å². The fraction of sp³-hybridized carbons (Fsp3) is 0.300. The highest BCUT2D eigenvalue weighted by molar-refractivity contribution is 5.86. The van der Waals surface area contributed by atoms with Crippen molar-refractivity contribution < 1.29 is 24.2 Å². The number of likely N-dealkylation sites (tertiary alicyclic amines) is 1. The summed E-state index contributed by atoms with van der Waals surface area (Å²) in [5, 5.41) is 9.05. The highest BCUT2D eigenvalue weighted by Gasteiger charge is 2.34. The van der Waals surface area contributed by atoms with Gasteiger partial charge in [0.15, 0.2) is 0 Å². The first-order valence-corrected chi connectivity index (χ1v) is 8.52. The maximum absolute atomic E-state index is 11.9. The zero-order valence-electron chi connectivity index (χ0n) is 14.3. The van der Waals surface area contributed by atoms with E-state index in [1.54, 1.807) is 4.90 Å². The summed E-state index contributed by atoms with van der Waals surface area (Å²) in [6, 6.07) is 17.0. The van der Waals surface area contributed by atoms with Gasteiger partial charge in [-0.2, -0.15) is 0 Å². The number of carbonyl (C=O) groups is 2. The number of amides is 1. The smallest absolute Gasteiger partial charge is 0.308 e. The number of hydrogen-bond acceptors (Lipinski definition) is 4. The van der Waals surface area contributed by atoms with Gasteiger partial charge in [0.1, 0.15) is 24.7 Å². The van der Waals surface area contributed by atoms with Crippen LogP contribution in [0.15, 0.2) is 54.6 Å². The molecule has 1 amide bonds. The molecule has 1 saturated heterocycles. The molecule has 1 aliphatic rings. The van der Waals surface area contributed by atoms with Gasteiger partial charge in [-0.1, -0.05) is 30.3 Å². The Morgan fingerprint density at radius 3 is 2.42 bits per heavy atom. The lowest BCUT2D eigenvalue weighted by molar-refractivity contribution is -0.141. The van der Waals surface area contributed by atoms with Gasteiger partial charge >= 0.3 is 5.97 Å². The predicted molar refractivity (Wildman–Crippen MR) is 95.0 cm³/mol. The van der Waals surface area contributed by atoms with Crippen molar-refractivity contribution in [2.75, 3.05) is 19.8 Å². The van der Waals surface area contributed by atoms with Crippen LogP contribution in [-0.4, -0.2) is 41.6 Å². The summed E-state index contributed by atoms with van der Waals surface area (Å²) in [6.45, 7) is 1.48. The molecule has 136 valence electrons. The van der Waals surface area contributed by atoms with Crippen molar-refractivity contribution in [1.29, 1.82) is 0 Å². The molecule has 1 fully saturated rings. The van der Waals surface area contributed by atoms with E-state index in [-0.39, 0.29) is 18.9 Å². The number of carboxylic acid groups (broad SMARTS) is 1. The van der Waals surface area contributed by atoms with Gasteiger partial charge in [0.05, 0.1) is 5.92 Å². The Balaban J connectivity index is 1.49. The third-order valence-electron chi connectivity index (χ3n) is 4.20. The number of carboxylic acids is 1. The molecule has 0 aliphatic carbocycles. The van der Waals surface area contributed by atoms with E-state index in [1.165, 1.54) is 0 Å². The molecule has 0 bridgehead atoms. The molecule has 0 saturated carbocycles. The van der Waals surface area contributed by atoms with Gasteiger partial charge in [-0.3, -0.25) is 9.59 Å². The largest absolute Gasteiger partial charge is 0.490 e. The first kappa shape index (κ1) is 17.8. The minimum atomic E-state index is -0.920. The minimum absolute atomic E-state index is 0.0718. The van der Waals surface area contributed by atoms with Crippen LogP contribution in [0.1, 0.15) is 12.0 Å². The van der Waals surface area contributed by atoms with Crippen LogP contribution in [0.25, 0.3) is 0 Å². The van der Waals surface area contributed by atoms with Gasteiger partial charge in [-0.15, -0.1) is 0 Å². The molecule has 1 unspecified atom stereocenters. The van der Waals surface area contributed by atoms with Crippen LogP contribution in [-0.2, 0) is 16.1 Å². The van der Waals surface area contributed by atoms with Gasteiger partial charge in [-0.25, -0.2) is 0 Å². The third-order valence-corrected chi connectivity index (χ3v) is 4.20. The van der Waals surface area contributed by atoms with Crippen LogP contribution in [0.2, 0.25) is 0 Å². The first-order valence-electron chi connectivity index (χ1n) is 8.52. The highest BCUT2D eigenvalue weighted by atomic mass is 16.5. The summed E-state index contributed by atoms with van der Waals surface area (Å²) in [5.74, 6) is -0.167. The number of nitrogens with zero attached hydrogens (tertiary/aromatic N) is 1. The lowest BCUT2D eigenvalue weighted by Gasteiger charge is -2.16. The summed E-state index contributed by atoms with van der Waals surface area (Å²) in [7, 11) is 0. The second-order valence-electron chi connectivity index (χ2n) is 6.17. The van der Waals surface area contributed by atoms with E-state index in [1.807, 2.05) is 54.6 Å². The summed E-state index contributed by atoms with van der Waals surface area (Å²) in [6.07, 6.45) is 0.0718. The van der Waals surface area contributed by atoms with Gasteiger partial charge in [0.25, 0.3) is 0 Å². The zero-order valence-corrected chi connectivity index (χ0v) is 14.3. The molecule has 0 radical (unpaired) electrons. The first-order chi connectivity index (χ1) is 12.6. The Morgan fingerprint density at radius 1 is 1.04 bits per heavy atom. The topological polar surface area (TPSA) is 76.1 Å². The average molecular weight is 355 g/mol. The Labute approximate surface area is 152 Å². The summed E-state index contributed by atoms with van der Waals surface area (Å²) in [4.78, 5) is 24.6. The summed E-state index contributed by atoms with van der Waals surface area (Å²) in [5.41, 5.74) is 0.908. The number of ether oxygens (including phenoxy) is 2. The lowest BCUT2D eigenvalue weighted by atomic mass is 10.1. The van der Waals surface area contributed by atoms with Gasteiger partial charge in [0.2, 0.25) is 5.91 Å². The van der Waals surface area contributed by atoms with E-state index in [4.69, 9.17) is 14.6 Å². The highest BCUT2D eigenvalue weighted by Crippen LogP contribution is 2.22. The molecule has 1 atom stereocenters. The zero-order chi connectivity index (χ0) is 18.4. The molecule has 1 heterocycles. The maximum Gasteiger partial charge on any atom is 0.308 e. The molecule has 3 rings (SSSR count). The fourth-order valence-electron chi connectivity index (χ4n) is 2.88. The van der Waals surface area contributed by atoms with Crippen LogP contribution in [0, 0.1) is 5.92 Å². The Bertz CT molecular complexity index is 762. The number of benzene rings is 2. The molecule has 6 nitrogen and oxygen atoms in total. The number of rotatable bonds is 8. The minimum Gasteiger partial charge on any atom is -0.490 e. The number of para-hydroxylation sites is 1. The van der Waals surface area contributed by atoms with E-state index in [2.05, 4.69) is 0 Å². The van der Waals surface area contributed by atoms with Gasteiger partial charge in [-0.05, 0) is 29.8 Å². The van der Waals surface area contributed by atoms with Crippen molar-refractivity contribution in [3.63, 3.8) is 0 Å². The molecule has 0 spiro atoms. The SMILES string of the molecule is O=C(O)C1CC(=O)N(Cc2cccc(OCCOc3ccccc3)c2)C1. The van der Waals surface area contributed by atoms with Crippen LogP contribution in [0.3, 0.4) is 0 Å². The second kappa shape index (κ2) is 8.38. The van der Waals surface area contributed by atoms with E-state index >= 15 is 0 Å². The van der Waals surface area contributed by atoms with E-state index in [0.29, 0.717) is 25.5 Å². The predicted octanol–water partition coefficient (Wildman–Crippen LogP) is 2.58. The van der Waals surface area contributed by atoms with Crippen LogP contribution < -0.4 is 9.47 Å². The molecule has 26 heavy (non-hydrogen) atoms. The van der Waals surface area contributed by atoms with Crippen molar-refractivity contribution in [2.45, 2.75) is 13.0 Å². The number of hydrogen-bond donors (Lipinski definition) is 1. The summed E-state index contributed by atoms with van der Waals surface area (Å²) < 4.78 is 11.3. The van der Waals surface area contributed by atoms with Crippen molar-refractivity contribution in [3.05, 3.63) is 60.2 Å². The number of aliphatic carboxylic acids is 1. The molecular weight excluding hydrogens is 334 g/mol. The maximum atomic E-state index is 11.9. The summed E-state index contributed by atoms with van der Waals surface area (Å²) >= 11 is 0. The fourth-order valence-corrected chi connectivity index (χ4v) is 2.88. The van der Waals surface area contributed by atoms with Crippen molar-refractivity contribution in [2.24, 2.45) is 5.92 Å². The molecular formula is C20H21NO5. The third kappa shape index (κ3) is 4.75. The molecule has 1 N–H and O–H groups in total. The monoisotopic (exact) mass is 355 g/mol. The Hall–Kier alpha value is -3.02. The van der Waals surface area contributed by atoms with Crippen molar-refractivity contribution in [3.8, 4) is 11.5 Å². The van der Waals surface area contributed by atoms with Gasteiger partial charge < -0.3 is 19.5 Å². The van der Waals surface area contributed by atoms with Crippen LogP contribution in [0.4, 0.5) is 0 Å². The number of carbonyl (C=O) groups excluding carboxylic acids is 1. The molecule has 6 heteroatoms. The van der Waals surface area contributed by atoms with Crippen LogP contribution >= 0.6 is 0 Å². The molecule has 2 aromatic carbocycles. The van der Waals surface area contributed by atoms with E-state index in [9.17, 15) is 9.59 Å². The van der Waals surface area contributed by atoms with E-state index in [0.717, 1.165) is 11.3 Å². The molecule has 2 aromatic rings. The Morgan fingerprint density at radius 2 is 1.73 bits per heavy atom. The lowest BCUT2D eigenvalue weighted by Crippen LogP contribution is -2.25. The molecule has 1 aliphatic heterocycles. The normalized spacial score (nSPS) is 16.5. The second-order valence-corrected chi connectivity index (χ2v) is 6.17. The quantitative estimate of drug-likeness (QED) is 0.737. The van der Waals surface area contributed by atoms with Crippen LogP contribution in [0.5, 0.6) is 11.5 Å². The standard InChI is InChI=1S/C20H21NO5/c22-19-12-16(20(23)24)14-21(19)13-15-5-4-8-18(11-15)26-10-9-25-17-6-2-1-3-7-17/h1-8,11,16H,9-10,12-14H2,(H,23,24).